The fourth-order valence-electron chi connectivity index (χ4n) is 2.90. The second kappa shape index (κ2) is 8.62. The van der Waals surface area contributed by atoms with E-state index in [9.17, 15) is 19.4 Å². The van der Waals surface area contributed by atoms with Crippen molar-refractivity contribution < 1.29 is 28.4 Å². The van der Waals surface area contributed by atoms with Crippen molar-refractivity contribution in [1.82, 2.24) is 0 Å². The number of aryl methyl sites for hydroxylation is 2. The number of aliphatic hydroxyl groups is 1. The Morgan fingerprint density at radius 1 is 0.862 bits per heavy atom. The monoisotopic (exact) mass is 412 g/mol. The first-order valence-corrected chi connectivity index (χ1v) is 10.4. The number of ketones is 1. The van der Waals surface area contributed by atoms with Crippen LogP contribution in [-0.2, 0) is 4.57 Å². The van der Waals surface area contributed by atoms with Crippen molar-refractivity contribution in [3.63, 3.8) is 0 Å². The molecule has 0 saturated heterocycles. The number of phosphoric ester groups is 1. The molecule has 0 aliphatic heterocycles. The summed E-state index contributed by atoms with van der Waals surface area (Å²) in [5.41, 5.74) is 2.51. The van der Waals surface area contributed by atoms with E-state index in [1.807, 2.05) is 19.9 Å². The smallest absolute Gasteiger partial charge is 0.395 e. The normalized spacial score (nSPS) is 13.9. The lowest BCUT2D eigenvalue weighted by Gasteiger charge is -2.15. The molecule has 3 aromatic rings. The van der Waals surface area contributed by atoms with Crippen molar-refractivity contribution in [3.05, 3.63) is 95.1 Å². The third-order valence-corrected chi connectivity index (χ3v) is 5.02. The molecule has 0 bridgehead atoms. The zero-order valence-electron chi connectivity index (χ0n) is 16.0. The van der Waals surface area contributed by atoms with Crippen molar-refractivity contribution >= 4 is 13.6 Å². The summed E-state index contributed by atoms with van der Waals surface area (Å²) in [5, 5.41) is 10.2. The van der Waals surface area contributed by atoms with Gasteiger partial charge in [0, 0.05) is 5.56 Å². The average Bonchev–Trinajstić information content (AvgIpc) is 2.66. The molecule has 0 radical (unpaired) electrons. The van der Waals surface area contributed by atoms with Gasteiger partial charge >= 0.3 is 7.82 Å². The van der Waals surface area contributed by atoms with Gasteiger partial charge < -0.3 is 14.2 Å². The largest absolute Gasteiger partial charge is 0.584 e. The van der Waals surface area contributed by atoms with Crippen LogP contribution in [0.25, 0.3) is 0 Å². The molecule has 2 N–H and O–H groups in total. The Hall–Kier alpha value is -2.92. The maximum atomic E-state index is 12.4. The van der Waals surface area contributed by atoms with E-state index < -0.39 is 19.7 Å². The number of hydrogen-bond donors (Lipinski definition) is 2. The second-order valence-corrected chi connectivity index (χ2v) is 7.98. The number of rotatable bonds is 7. The van der Waals surface area contributed by atoms with Crippen LogP contribution in [0.1, 0.15) is 33.2 Å². The molecule has 7 heteroatoms. The summed E-state index contributed by atoms with van der Waals surface area (Å²) in [6.45, 7) is 3.70. The molecule has 0 spiro atoms. The summed E-state index contributed by atoms with van der Waals surface area (Å²) in [5.74, 6) is -0.196. The fraction of sp³-hybridized carbons (Fsp3) is 0.136. The van der Waals surface area contributed by atoms with Gasteiger partial charge in [0.1, 0.15) is 17.6 Å². The minimum atomic E-state index is -4.42. The molecule has 150 valence electrons. The molecule has 3 aromatic carbocycles. The molecular weight excluding hydrogens is 391 g/mol. The van der Waals surface area contributed by atoms with Crippen molar-refractivity contribution in [2.45, 2.75) is 20.0 Å². The van der Waals surface area contributed by atoms with Crippen molar-refractivity contribution in [2.24, 2.45) is 0 Å². The number of hydrogen-bond acceptors (Lipinski definition) is 5. The molecule has 6 nitrogen and oxygen atoms in total. The summed E-state index contributed by atoms with van der Waals surface area (Å²) in [6.07, 6.45) is -1.29. The maximum Gasteiger partial charge on any atom is 0.584 e. The Kier molecular flexibility index (Phi) is 6.18. The van der Waals surface area contributed by atoms with Gasteiger partial charge in [-0.25, -0.2) is 4.57 Å². The molecule has 2 atom stereocenters. The highest BCUT2D eigenvalue weighted by Crippen LogP contribution is 2.44. The van der Waals surface area contributed by atoms with Gasteiger partial charge in [-0.3, -0.25) is 9.69 Å². The minimum absolute atomic E-state index is 0.0611. The van der Waals surface area contributed by atoms with E-state index >= 15 is 0 Å². The highest BCUT2D eigenvalue weighted by Gasteiger charge is 2.26. The average molecular weight is 412 g/mol. The molecular formula is C22H21O6P. The van der Waals surface area contributed by atoms with Crippen LogP contribution in [0.3, 0.4) is 0 Å². The summed E-state index contributed by atoms with van der Waals surface area (Å²) in [6, 6.07) is 19.3. The van der Waals surface area contributed by atoms with Gasteiger partial charge in [-0.1, -0.05) is 36.4 Å². The molecule has 0 aliphatic carbocycles. The van der Waals surface area contributed by atoms with Crippen LogP contribution in [0, 0.1) is 13.8 Å². The maximum absolute atomic E-state index is 12.4. The predicted molar refractivity (Wildman–Crippen MR) is 109 cm³/mol. The van der Waals surface area contributed by atoms with Crippen LogP contribution in [0.4, 0.5) is 0 Å². The number of carbonyl (C=O) groups excluding carboxylic acids is 1. The van der Waals surface area contributed by atoms with Crippen LogP contribution >= 0.6 is 7.82 Å². The number of phosphoric acid groups is 1. The lowest BCUT2D eigenvalue weighted by molar-refractivity contribution is 0.0747. The molecule has 0 aromatic heterocycles. The van der Waals surface area contributed by atoms with E-state index in [2.05, 4.69) is 0 Å². The van der Waals surface area contributed by atoms with Gasteiger partial charge in [0.2, 0.25) is 0 Å². The van der Waals surface area contributed by atoms with Crippen LogP contribution in [0.15, 0.2) is 72.8 Å². The lowest BCUT2D eigenvalue weighted by atomic mass is 10.00. The first-order chi connectivity index (χ1) is 13.7. The third-order valence-electron chi connectivity index (χ3n) is 4.14. The van der Waals surface area contributed by atoms with Crippen molar-refractivity contribution in [1.29, 1.82) is 0 Å². The molecule has 3 rings (SSSR count). The fourth-order valence-corrected chi connectivity index (χ4v) is 3.69. The van der Waals surface area contributed by atoms with Gasteiger partial charge in [-0.05, 0) is 66.9 Å². The highest BCUT2D eigenvalue weighted by molar-refractivity contribution is 7.48. The zero-order chi connectivity index (χ0) is 21.0. The first-order valence-electron chi connectivity index (χ1n) is 8.91. The van der Waals surface area contributed by atoms with Gasteiger partial charge in [0.15, 0.2) is 5.78 Å². The molecule has 0 heterocycles. The highest BCUT2D eigenvalue weighted by atomic mass is 31.2. The van der Waals surface area contributed by atoms with E-state index in [-0.39, 0.29) is 17.1 Å². The van der Waals surface area contributed by atoms with Gasteiger partial charge in [-0.15, -0.1) is 0 Å². The minimum Gasteiger partial charge on any atom is -0.395 e. The molecule has 0 aliphatic rings. The van der Waals surface area contributed by atoms with Crippen molar-refractivity contribution in [2.75, 3.05) is 0 Å². The Morgan fingerprint density at radius 3 is 2.00 bits per heavy atom. The number of carbonyl (C=O) groups is 1. The SMILES string of the molecule is Cc1cc(C)cc(OP(=O)(O)Oc2ccc(C(=O)C(O)c3ccccc3)cc2)c1. The van der Waals surface area contributed by atoms with E-state index in [0.717, 1.165) is 11.1 Å². The van der Waals surface area contributed by atoms with E-state index in [0.29, 0.717) is 5.56 Å². The lowest BCUT2D eigenvalue weighted by Crippen LogP contribution is -2.12. The van der Waals surface area contributed by atoms with Crippen LogP contribution in [0.2, 0.25) is 0 Å². The molecule has 2 unspecified atom stereocenters. The molecule has 0 fully saturated rings. The van der Waals surface area contributed by atoms with Gasteiger partial charge in [-0.2, -0.15) is 0 Å². The molecule has 0 amide bonds. The molecule has 29 heavy (non-hydrogen) atoms. The van der Waals surface area contributed by atoms with Gasteiger partial charge in [0.05, 0.1) is 0 Å². The number of aliphatic hydroxyl groups excluding tert-OH is 1. The summed E-state index contributed by atoms with van der Waals surface area (Å²) < 4.78 is 22.5. The standard InChI is InChI=1S/C22H21O6P/c1-15-12-16(2)14-20(13-15)28-29(25,26)27-19-10-8-18(9-11-19)22(24)21(23)17-6-4-3-5-7-17/h3-14,21,23H,1-2H3,(H,25,26). The first kappa shape index (κ1) is 20.8. The topological polar surface area (TPSA) is 93.1 Å². The second-order valence-electron chi connectivity index (χ2n) is 6.68. The number of Topliss-reactive ketones (excluding diaryl/α,β-unsaturated/α-hetero) is 1. The summed E-state index contributed by atoms with van der Waals surface area (Å²) in [7, 11) is -4.42. The predicted octanol–water partition coefficient (Wildman–Crippen LogP) is 4.78. The van der Waals surface area contributed by atoms with E-state index in [4.69, 9.17) is 9.05 Å². The van der Waals surface area contributed by atoms with Crippen molar-refractivity contribution in [3.8, 4) is 11.5 Å². The quantitative estimate of drug-likeness (QED) is 0.429. The zero-order valence-corrected chi connectivity index (χ0v) is 16.9. The van der Waals surface area contributed by atoms with Crippen LogP contribution in [0.5, 0.6) is 11.5 Å². The Morgan fingerprint density at radius 2 is 1.41 bits per heavy atom. The van der Waals surface area contributed by atoms with Gasteiger partial charge in [0.25, 0.3) is 0 Å². The summed E-state index contributed by atoms with van der Waals surface area (Å²) in [4.78, 5) is 22.4. The van der Waals surface area contributed by atoms with E-state index in [1.165, 1.54) is 24.3 Å². The van der Waals surface area contributed by atoms with Crippen LogP contribution in [-0.4, -0.2) is 15.8 Å². The number of benzene rings is 3. The Bertz CT molecular complexity index is 1030. The third kappa shape index (κ3) is 5.55. The summed E-state index contributed by atoms with van der Waals surface area (Å²) >= 11 is 0. The Balaban J connectivity index is 1.69. The van der Waals surface area contributed by atoms with E-state index in [1.54, 1.807) is 42.5 Å². The molecule has 0 saturated carbocycles. The Labute approximate surface area is 169 Å². The van der Waals surface area contributed by atoms with Crippen LogP contribution < -0.4 is 9.05 Å².